The first-order valence-corrected chi connectivity index (χ1v) is 3.27. The van der Waals surface area contributed by atoms with Gasteiger partial charge in [0.15, 0.2) is 0 Å². The Morgan fingerprint density at radius 1 is 1.70 bits per heavy atom. The maximum atomic E-state index is 10.4. The van der Waals surface area contributed by atoms with Crippen molar-refractivity contribution in [2.24, 2.45) is 5.92 Å². The molecule has 10 heavy (non-hydrogen) atoms. The molecular formula is C6H11NO3. The van der Waals surface area contributed by atoms with Crippen LogP contribution in [0.2, 0.25) is 0 Å². The summed E-state index contributed by atoms with van der Waals surface area (Å²) in [6.07, 6.45) is -0.738. The number of hydrogen-bond donors (Lipinski definition) is 3. The molecule has 1 heterocycles. The van der Waals surface area contributed by atoms with Crippen LogP contribution in [0.4, 0.5) is 0 Å². The summed E-state index contributed by atoms with van der Waals surface area (Å²) in [4.78, 5) is 10.4. The predicted octanol–water partition coefficient (Wildman–Crippen LogP) is -0.960. The van der Waals surface area contributed by atoms with E-state index in [1.54, 1.807) is 6.92 Å². The lowest BCUT2D eigenvalue weighted by Crippen LogP contribution is -2.30. The molecule has 0 aromatic carbocycles. The fraction of sp³-hybridized carbons (Fsp3) is 0.833. The molecule has 3 atom stereocenters. The zero-order valence-electron chi connectivity index (χ0n) is 5.74. The number of carbonyl (C=O) groups is 1. The van der Waals surface area contributed by atoms with Crippen LogP contribution in [0.25, 0.3) is 0 Å². The first-order valence-electron chi connectivity index (χ1n) is 3.27. The van der Waals surface area contributed by atoms with E-state index in [9.17, 15) is 9.90 Å². The second kappa shape index (κ2) is 2.56. The third-order valence-corrected chi connectivity index (χ3v) is 1.90. The van der Waals surface area contributed by atoms with Gasteiger partial charge in [0, 0.05) is 12.6 Å². The maximum absolute atomic E-state index is 10.4. The molecule has 3 N–H and O–H groups in total. The summed E-state index contributed by atoms with van der Waals surface area (Å²) in [7, 11) is 0. The fourth-order valence-electron chi connectivity index (χ4n) is 1.14. The lowest BCUT2D eigenvalue weighted by Gasteiger charge is -2.10. The van der Waals surface area contributed by atoms with E-state index in [0.717, 1.165) is 0 Å². The summed E-state index contributed by atoms with van der Waals surface area (Å²) in [5, 5.41) is 20.6. The molecule has 0 aromatic heterocycles. The van der Waals surface area contributed by atoms with Crippen LogP contribution in [0, 0.1) is 5.92 Å². The third kappa shape index (κ3) is 1.12. The normalized spacial score (nSPS) is 40.0. The molecule has 0 amide bonds. The van der Waals surface area contributed by atoms with Crippen molar-refractivity contribution in [3.05, 3.63) is 0 Å². The smallest absolute Gasteiger partial charge is 0.310 e. The van der Waals surface area contributed by atoms with Crippen molar-refractivity contribution < 1.29 is 15.0 Å². The Hall–Kier alpha value is -0.610. The van der Waals surface area contributed by atoms with Crippen LogP contribution in [0.15, 0.2) is 0 Å². The fourth-order valence-corrected chi connectivity index (χ4v) is 1.14. The second-order valence-corrected chi connectivity index (χ2v) is 2.63. The van der Waals surface area contributed by atoms with Gasteiger partial charge < -0.3 is 15.5 Å². The molecule has 58 valence electrons. The number of carboxylic acids is 1. The quantitative estimate of drug-likeness (QED) is 0.444. The second-order valence-electron chi connectivity index (χ2n) is 2.63. The number of nitrogens with one attached hydrogen (secondary N) is 1. The third-order valence-electron chi connectivity index (χ3n) is 1.90. The van der Waals surface area contributed by atoms with Crippen LogP contribution < -0.4 is 5.32 Å². The molecule has 1 rings (SSSR count). The van der Waals surface area contributed by atoms with Gasteiger partial charge in [-0.25, -0.2) is 0 Å². The SMILES string of the molecule is CC1NC[C@@H](C(=O)O)C1O. The largest absolute Gasteiger partial charge is 0.481 e. The summed E-state index contributed by atoms with van der Waals surface area (Å²) >= 11 is 0. The van der Waals surface area contributed by atoms with Crippen LogP contribution in [0.5, 0.6) is 0 Å². The Labute approximate surface area is 58.9 Å². The Balaban J connectivity index is 2.57. The van der Waals surface area contributed by atoms with Crippen molar-refractivity contribution in [1.82, 2.24) is 5.32 Å². The van der Waals surface area contributed by atoms with Gasteiger partial charge >= 0.3 is 5.97 Å². The number of aliphatic hydroxyl groups excluding tert-OH is 1. The molecule has 0 saturated carbocycles. The lowest BCUT2D eigenvalue weighted by atomic mass is 10.0. The van der Waals surface area contributed by atoms with E-state index < -0.39 is 18.0 Å². The molecule has 1 aliphatic heterocycles. The minimum Gasteiger partial charge on any atom is -0.481 e. The zero-order valence-corrected chi connectivity index (χ0v) is 5.74. The van der Waals surface area contributed by atoms with E-state index >= 15 is 0 Å². The summed E-state index contributed by atoms with van der Waals surface area (Å²) in [5.41, 5.74) is 0. The Bertz CT molecular complexity index is 148. The lowest BCUT2D eigenvalue weighted by molar-refractivity contribution is -0.144. The van der Waals surface area contributed by atoms with Gasteiger partial charge in [-0.3, -0.25) is 4.79 Å². The predicted molar refractivity (Wildman–Crippen MR) is 34.6 cm³/mol. The van der Waals surface area contributed by atoms with Crippen LogP contribution >= 0.6 is 0 Å². The topological polar surface area (TPSA) is 69.6 Å². The molecule has 0 bridgehead atoms. The van der Waals surface area contributed by atoms with E-state index in [1.807, 2.05) is 0 Å². The number of aliphatic hydroxyl groups is 1. The molecule has 1 saturated heterocycles. The van der Waals surface area contributed by atoms with E-state index in [0.29, 0.717) is 6.54 Å². The number of rotatable bonds is 1. The van der Waals surface area contributed by atoms with E-state index in [2.05, 4.69) is 5.32 Å². The van der Waals surface area contributed by atoms with Crippen molar-refractivity contribution in [1.29, 1.82) is 0 Å². The first kappa shape index (κ1) is 7.50. The van der Waals surface area contributed by atoms with Gasteiger partial charge in [-0.15, -0.1) is 0 Å². The van der Waals surface area contributed by atoms with Gasteiger partial charge in [-0.05, 0) is 6.92 Å². The highest BCUT2D eigenvalue weighted by atomic mass is 16.4. The van der Waals surface area contributed by atoms with Crippen LogP contribution in [0.1, 0.15) is 6.92 Å². The number of hydrogen-bond acceptors (Lipinski definition) is 3. The van der Waals surface area contributed by atoms with Crippen LogP contribution in [-0.2, 0) is 4.79 Å². The highest BCUT2D eigenvalue weighted by Crippen LogP contribution is 2.14. The minimum atomic E-state index is -0.927. The monoisotopic (exact) mass is 145 g/mol. The van der Waals surface area contributed by atoms with Crippen molar-refractivity contribution in [2.75, 3.05) is 6.54 Å². The van der Waals surface area contributed by atoms with Crippen LogP contribution in [-0.4, -0.2) is 34.9 Å². The van der Waals surface area contributed by atoms with E-state index in [1.165, 1.54) is 0 Å². The molecule has 4 heteroatoms. The highest BCUT2D eigenvalue weighted by Gasteiger charge is 2.36. The van der Waals surface area contributed by atoms with Gasteiger partial charge in [0.2, 0.25) is 0 Å². The molecule has 2 unspecified atom stereocenters. The van der Waals surface area contributed by atoms with Gasteiger partial charge in [0.25, 0.3) is 0 Å². The standard InChI is InChI=1S/C6H11NO3/c1-3-5(8)4(2-7-3)6(9)10/h3-5,7-8H,2H2,1H3,(H,9,10)/t3?,4-,5?/m1/s1. The van der Waals surface area contributed by atoms with Gasteiger partial charge in [-0.2, -0.15) is 0 Å². The summed E-state index contributed by atoms with van der Waals surface area (Å²) < 4.78 is 0. The molecular weight excluding hydrogens is 134 g/mol. The van der Waals surface area contributed by atoms with Crippen molar-refractivity contribution in [2.45, 2.75) is 19.1 Å². The van der Waals surface area contributed by atoms with Crippen LogP contribution in [0.3, 0.4) is 0 Å². The average molecular weight is 145 g/mol. The maximum Gasteiger partial charge on any atom is 0.310 e. The summed E-state index contributed by atoms with van der Waals surface area (Å²) in [6, 6.07) is -0.0962. The van der Waals surface area contributed by atoms with E-state index in [-0.39, 0.29) is 6.04 Å². The Kier molecular flexibility index (Phi) is 1.92. The highest BCUT2D eigenvalue weighted by molar-refractivity contribution is 5.71. The van der Waals surface area contributed by atoms with Gasteiger partial charge in [0.05, 0.1) is 12.0 Å². The minimum absolute atomic E-state index is 0.0962. The van der Waals surface area contributed by atoms with Crippen molar-refractivity contribution in [3.8, 4) is 0 Å². The zero-order chi connectivity index (χ0) is 7.72. The average Bonchev–Trinajstić information content (AvgIpc) is 2.14. The molecule has 1 fully saturated rings. The van der Waals surface area contributed by atoms with Crippen molar-refractivity contribution >= 4 is 5.97 Å². The molecule has 0 spiro atoms. The molecule has 0 aromatic rings. The van der Waals surface area contributed by atoms with Crippen molar-refractivity contribution in [3.63, 3.8) is 0 Å². The number of aliphatic carboxylic acids is 1. The molecule has 0 radical (unpaired) electrons. The summed E-state index contributed by atoms with van der Waals surface area (Å²) in [6.45, 7) is 2.14. The molecule has 4 nitrogen and oxygen atoms in total. The van der Waals surface area contributed by atoms with E-state index in [4.69, 9.17) is 5.11 Å². The first-order chi connectivity index (χ1) is 4.63. The van der Waals surface area contributed by atoms with Gasteiger partial charge in [-0.1, -0.05) is 0 Å². The molecule has 1 aliphatic rings. The summed E-state index contributed by atoms with van der Waals surface area (Å²) in [5.74, 6) is -1.56. The number of carboxylic acid groups (broad SMARTS) is 1. The molecule has 0 aliphatic carbocycles. The Morgan fingerprint density at radius 3 is 2.50 bits per heavy atom. The Morgan fingerprint density at radius 2 is 2.30 bits per heavy atom. The van der Waals surface area contributed by atoms with Gasteiger partial charge in [0.1, 0.15) is 0 Å².